The number of hydrazine groups is 1. The van der Waals surface area contributed by atoms with Crippen LogP contribution in [0.1, 0.15) is 34.1 Å². The van der Waals surface area contributed by atoms with Crippen molar-refractivity contribution in [1.29, 1.82) is 0 Å². The summed E-state index contributed by atoms with van der Waals surface area (Å²) >= 11 is 0. The van der Waals surface area contributed by atoms with E-state index in [1.807, 2.05) is 6.92 Å². The van der Waals surface area contributed by atoms with Gasteiger partial charge in [-0.15, -0.1) is 0 Å². The molecule has 29 heavy (non-hydrogen) atoms. The van der Waals surface area contributed by atoms with E-state index in [0.29, 0.717) is 34.2 Å². The zero-order valence-corrected chi connectivity index (χ0v) is 16.4. The van der Waals surface area contributed by atoms with Gasteiger partial charge >= 0.3 is 0 Å². The van der Waals surface area contributed by atoms with Crippen LogP contribution in [0, 0.1) is 11.8 Å². The lowest BCUT2D eigenvalue weighted by atomic mass is 10.2. The standard InChI is InChI=1S/C21H23N3O5/c1-12-10-16(12)21(27)22-15-7-4-13(5-8-15)19(25)23-24-20(26)14-6-9-17(28-2)18(11-14)29-3/h4-9,11-12,16H,10H2,1-3H3,(H,22,27)(H,23,25)(H,24,26). The topological polar surface area (TPSA) is 106 Å². The molecule has 1 aliphatic rings. The third-order valence-corrected chi connectivity index (χ3v) is 4.80. The molecule has 3 rings (SSSR count). The van der Waals surface area contributed by atoms with Gasteiger partial charge in [0.05, 0.1) is 14.2 Å². The highest BCUT2D eigenvalue weighted by Crippen LogP contribution is 2.38. The van der Waals surface area contributed by atoms with Crippen molar-refractivity contribution < 1.29 is 23.9 Å². The Kier molecular flexibility index (Phi) is 6.01. The SMILES string of the molecule is COc1ccc(C(=O)NNC(=O)c2ccc(NC(=O)C3CC3C)cc2)cc1OC. The van der Waals surface area contributed by atoms with Gasteiger partial charge in [0.1, 0.15) is 0 Å². The molecular formula is C21H23N3O5. The summed E-state index contributed by atoms with van der Waals surface area (Å²) < 4.78 is 10.3. The maximum Gasteiger partial charge on any atom is 0.269 e. The molecule has 2 aromatic rings. The molecule has 8 heteroatoms. The summed E-state index contributed by atoms with van der Waals surface area (Å²) in [6, 6.07) is 11.1. The number of nitrogens with one attached hydrogen (secondary N) is 3. The summed E-state index contributed by atoms with van der Waals surface area (Å²) in [4.78, 5) is 36.4. The van der Waals surface area contributed by atoms with E-state index in [2.05, 4.69) is 16.2 Å². The van der Waals surface area contributed by atoms with E-state index in [-0.39, 0.29) is 11.8 Å². The fraction of sp³-hybridized carbons (Fsp3) is 0.286. The Morgan fingerprint density at radius 3 is 1.97 bits per heavy atom. The molecule has 1 saturated carbocycles. The number of anilines is 1. The molecule has 0 bridgehead atoms. The molecule has 2 aromatic carbocycles. The molecule has 0 heterocycles. The first-order valence-corrected chi connectivity index (χ1v) is 9.16. The molecule has 0 spiro atoms. The average molecular weight is 397 g/mol. The third-order valence-electron chi connectivity index (χ3n) is 4.80. The Labute approximate surface area is 168 Å². The van der Waals surface area contributed by atoms with Crippen molar-refractivity contribution in [1.82, 2.24) is 10.9 Å². The molecule has 152 valence electrons. The van der Waals surface area contributed by atoms with Crippen molar-refractivity contribution in [2.45, 2.75) is 13.3 Å². The van der Waals surface area contributed by atoms with Crippen LogP contribution < -0.4 is 25.6 Å². The van der Waals surface area contributed by atoms with Crippen LogP contribution in [0.15, 0.2) is 42.5 Å². The number of benzene rings is 2. The average Bonchev–Trinajstić information content (AvgIpc) is 3.48. The molecule has 0 saturated heterocycles. The lowest BCUT2D eigenvalue weighted by Crippen LogP contribution is -2.41. The van der Waals surface area contributed by atoms with Gasteiger partial charge < -0.3 is 14.8 Å². The van der Waals surface area contributed by atoms with Crippen LogP contribution >= 0.6 is 0 Å². The quantitative estimate of drug-likeness (QED) is 0.649. The maximum atomic E-state index is 12.3. The van der Waals surface area contributed by atoms with E-state index in [9.17, 15) is 14.4 Å². The minimum Gasteiger partial charge on any atom is -0.493 e. The van der Waals surface area contributed by atoms with Gasteiger partial charge in [0, 0.05) is 22.7 Å². The van der Waals surface area contributed by atoms with E-state index < -0.39 is 11.8 Å². The maximum absolute atomic E-state index is 12.3. The molecule has 3 N–H and O–H groups in total. The molecule has 2 unspecified atom stereocenters. The largest absolute Gasteiger partial charge is 0.493 e. The summed E-state index contributed by atoms with van der Waals surface area (Å²) in [6.45, 7) is 2.04. The van der Waals surface area contributed by atoms with Gasteiger partial charge in [-0.05, 0) is 54.8 Å². The van der Waals surface area contributed by atoms with Crippen LogP contribution in [0.4, 0.5) is 5.69 Å². The number of carbonyl (C=O) groups excluding carboxylic acids is 3. The summed E-state index contributed by atoms with van der Waals surface area (Å²) in [5.74, 6) is 0.423. The molecule has 2 atom stereocenters. The number of rotatable bonds is 6. The first-order valence-electron chi connectivity index (χ1n) is 9.16. The lowest BCUT2D eigenvalue weighted by Gasteiger charge is -2.11. The molecule has 0 radical (unpaired) electrons. The minimum atomic E-state index is -0.498. The second-order valence-corrected chi connectivity index (χ2v) is 6.86. The molecule has 0 aliphatic heterocycles. The lowest BCUT2D eigenvalue weighted by molar-refractivity contribution is -0.117. The van der Waals surface area contributed by atoms with Gasteiger partial charge in [-0.3, -0.25) is 25.2 Å². The molecule has 8 nitrogen and oxygen atoms in total. The van der Waals surface area contributed by atoms with E-state index in [4.69, 9.17) is 9.47 Å². The fourth-order valence-corrected chi connectivity index (χ4v) is 2.86. The van der Waals surface area contributed by atoms with Crippen LogP contribution in [0.25, 0.3) is 0 Å². The summed E-state index contributed by atoms with van der Waals surface area (Å²) in [6.07, 6.45) is 0.909. The first kappa shape index (κ1) is 20.2. The van der Waals surface area contributed by atoms with Gasteiger partial charge in [-0.1, -0.05) is 6.92 Å². The predicted molar refractivity (Wildman–Crippen MR) is 107 cm³/mol. The van der Waals surface area contributed by atoms with E-state index in [1.165, 1.54) is 20.3 Å². The Morgan fingerprint density at radius 1 is 0.862 bits per heavy atom. The zero-order valence-electron chi connectivity index (χ0n) is 16.4. The Morgan fingerprint density at radius 2 is 1.41 bits per heavy atom. The highest BCUT2D eigenvalue weighted by atomic mass is 16.5. The number of amides is 3. The van der Waals surface area contributed by atoms with Crippen molar-refractivity contribution in [3.05, 3.63) is 53.6 Å². The van der Waals surface area contributed by atoms with E-state index in [0.717, 1.165) is 6.42 Å². The molecule has 0 aromatic heterocycles. The number of ether oxygens (including phenoxy) is 2. The van der Waals surface area contributed by atoms with E-state index >= 15 is 0 Å². The van der Waals surface area contributed by atoms with Gasteiger partial charge in [0.2, 0.25) is 5.91 Å². The number of methoxy groups -OCH3 is 2. The van der Waals surface area contributed by atoms with E-state index in [1.54, 1.807) is 36.4 Å². The molecule has 3 amide bonds. The van der Waals surface area contributed by atoms with Crippen LogP contribution in [-0.2, 0) is 4.79 Å². The first-order chi connectivity index (χ1) is 13.9. The zero-order chi connectivity index (χ0) is 21.0. The van der Waals surface area contributed by atoms with Crippen molar-refractivity contribution in [3.8, 4) is 11.5 Å². The van der Waals surface area contributed by atoms with Crippen molar-refractivity contribution in [2.75, 3.05) is 19.5 Å². The van der Waals surface area contributed by atoms with Crippen molar-refractivity contribution in [2.24, 2.45) is 11.8 Å². The highest BCUT2D eigenvalue weighted by Gasteiger charge is 2.39. The number of hydrogen-bond acceptors (Lipinski definition) is 5. The molecule has 1 fully saturated rings. The van der Waals surface area contributed by atoms with Crippen LogP contribution in [0.2, 0.25) is 0 Å². The monoisotopic (exact) mass is 397 g/mol. The number of hydrogen-bond donors (Lipinski definition) is 3. The second kappa shape index (κ2) is 8.64. The van der Waals surface area contributed by atoms with Crippen LogP contribution in [-0.4, -0.2) is 31.9 Å². The van der Waals surface area contributed by atoms with Gasteiger partial charge in [-0.25, -0.2) is 0 Å². The molecular weight excluding hydrogens is 374 g/mol. The smallest absolute Gasteiger partial charge is 0.269 e. The van der Waals surface area contributed by atoms with Crippen molar-refractivity contribution in [3.63, 3.8) is 0 Å². The summed E-state index contributed by atoms with van der Waals surface area (Å²) in [5.41, 5.74) is 5.99. The Hall–Kier alpha value is -3.55. The van der Waals surface area contributed by atoms with Gasteiger partial charge in [0.25, 0.3) is 11.8 Å². The summed E-state index contributed by atoms with van der Waals surface area (Å²) in [7, 11) is 2.97. The highest BCUT2D eigenvalue weighted by molar-refractivity contribution is 6.00. The summed E-state index contributed by atoms with van der Waals surface area (Å²) in [5, 5.41) is 2.83. The van der Waals surface area contributed by atoms with Gasteiger partial charge in [0.15, 0.2) is 11.5 Å². The van der Waals surface area contributed by atoms with Crippen LogP contribution in [0.5, 0.6) is 11.5 Å². The number of carbonyl (C=O) groups is 3. The minimum absolute atomic E-state index is 0.00288. The van der Waals surface area contributed by atoms with Crippen LogP contribution in [0.3, 0.4) is 0 Å². The third kappa shape index (κ3) is 4.84. The fourth-order valence-electron chi connectivity index (χ4n) is 2.86. The second-order valence-electron chi connectivity index (χ2n) is 6.86. The molecule has 1 aliphatic carbocycles. The predicted octanol–water partition coefficient (Wildman–Crippen LogP) is 2.37. The van der Waals surface area contributed by atoms with Crippen molar-refractivity contribution >= 4 is 23.4 Å². The Balaban J connectivity index is 1.55. The Bertz CT molecular complexity index is 926. The van der Waals surface area contributed by atoms with Gasteiger partial charge in [-0.2, -0.15) is 0 Å². The normalized spacial score (nSPS) is 17.1.